The zero-order valence-electron chi connectivity index (χ0n) is 12.3. The average molecular weight is 291 g/mol. The Bertz CT molecular complexity index is 306. The Morgan fingerprint density at radius 2 is 1.56 bits per heavy atom. The van der Waals surface area contributed by atoms with Crippen molar-refractivity contribution in [1.82, 2.24) is 0 Å². The molecule has 0 aliphatic carbocycles. The number of alkyl halides is 1. The van der Waals surface area contributed by atoms with Crippen LogP contribution in [0.5, 0.6) is 0 Å². The van der Waals surface area contributed by atoms with E-state index in [1.54, 1.807) is 0 Å². The lowest BCUT2D eigenvalue weighted by atomic mass is 9.78. The van der Waals surface area contributed by atoms with E-state index < -0.39 is 0 Å². The second-order valence-corrected chi connectivity index (χ2v) is 6.44. The van der Waals surface area contributed by atoms with Gasteiger partial charge in [0.15, 0.2) is 0 Å². The molecule has 0 aliphatic rings. The Balaban J connectivity index is 5.13. The minimum Gasteiger partial charge on any atom is -0.251 e. The van der Waals surface area contributed by atoms with Crippen molar-refractivity contribution in [2.75, 3.05) is 6.67 Å². The fraction of sp³-hybridized carbons (Fsp3) is 0.800. The molecule has 0 aliphatic heterocycles. The van der Waals surface area contributed by atoms with E-state index in [4.69, 9.17) is 12.2 Å². The summed E-state index contributed by atoms with van der Waals surface area (Å²) in [5.74, 6) is 0. The number of allylic oxidation sites excluding steroid dienone is 2. The van der Waals surface area contributed by atoms with Gasteiger partial charge in [0, 0.05) is 15.7 Å². The summed E-state index contributed by atoms with van der Waals surface area (Å²) in [5.41, 5.74) is -0.141. The topological polar surface area (TPSA) is 0 Å². The monoisotopic (exact) mass is 290 g/mol. The number of hydrogen-bond acceptors (Lipinski definition) is 2. The van der Waals surface area contributed by atoms with E-state index in [-0.39, 0.29) is 17.5 Å². The first-order valence-electron chi connectivity index (χ1n) is 6.81. The van der Waals surface area contributed by atoms with Crippen molar-refractivity contribution in [2.45, 2.75) is 60.3 Å². The molecule has 1 atom stereocenters. The lowest BCUT2D eigenvalue weighted by Crippen LogP contribution is -2.25. The predicted octanol–water partition coefficient (Wildman–Crippen LogP) is 5.77. The first kappa shape index (κ1) is 18.1. The van der Waals surface area contributed by atoms with Gasteiger partial charge < -0.3 is 0 Å². The Labute approximate surface area is 123 Å². The van der Waals surface area contributed by atoms with Crippen LogP contribution in [0.15, 0.2) is 11.0 Å². The predicted molar refractivity (Wildman–Crippen MR) is 87.3 cm³/mol. The van der Waals surface area contributed by atoms with E-state index in [9.17, 15) is 4.39 Å². The Kier molecular flexibility index (Phi) is 7.69. The standard InChI is InChI=1S/C15H27FS2/c1-6-14(4,7-2)12(17)11-13(18)15(5,8-3)9-10-16/h11,18H,6-10H2,1-5H3. The van der Waals surface area contributed by atoms with Crippen LogP contribution in [-0.2, 0) is 0 Å². The zero-order valence-corrected chi connectivity index (χ0v) is 14.1. The molecule has 106 valence electrons. The molecule has 0 aromatic heterocycles. The van der Waals surface area contributed by atoms with E-state index in [2.05, 4.69) is 47.2 Å². The van der Waals surface area contributed by atoms with E-state index in [0.717, 1.165) is 29.0 Å². The number of halogens is 1. The quantitative estimate of drug-likeness (QED) is 0.336. The maximum Gasteiger partial charge on any atom is 0.0903 e. The fourth-order valence-corrected chi connectivity index (χ4v) is 2.66. The van der Waals surface area contributed by atoms with Gasteiger partial charge in [-0.05, 0) is 36.7 Å². The average Bonchev–Trinajstić information content (AvgIpc) is 2.37. The largest absolute Gasteiger partial charge is 0.251 e. The molecule has 0 saturated carbocycles. The van der Waals surface area contributed by atoms with Crippen LogP contribution in [0.4, 0.5) is 4.39 Å². The van der Waals surface area contributed by atoms with Crippen LogP contribution in [0.3, 0.4) is 0 Å². The third-order valence-corrected chi connectivity index (χ3v) is 5.75. The number of hydrogen-bond donors (Lipinski definition) is 1. The van der Waals surface area contributed by atoms with Gasteiger partial charge >= 0.3 is 0 Å². The number of thiol groups is 1. The second-order valence-electron chi connectivity index (χ2n) is 5.51. The molecule has 0 N–H and O–H groups in total. The Hall–Kier alpha value is 0.110. The van der Waals surface area contributed by atoms with Crippen molar-refractivity contribution in [3.05, 3.63) is 11.0 Å². The van der Waals surface area contributed by atoms with Crippen LogP contribution >= 0.6 is 24.8 Å². The summed E-state index contributed by atoms with van der Waals surface area (Å²) in [5, 5.41) is 0. The molecule has 0 aromatic carbocycles. The van der Waals surface area contributed by atoms with E-state index in [1.807, 2.05) is 6.08 Å². The van der Waals surface area contributed by atoms with Gasteiger partial charge in [-0.25, -0.2) is 0 Å². The molecule has 0 fully saturated rings. The normalized spacial score (nSPS) is 16.5. The summed E-state index contributed by atoms with van der Waals surface area (Å²) >= 11 is 10.1. The molecule has 0 radical (unpaired) electrons. The molecule has 1 unspecified atom stereocenters. The number of thiocarbonyl (C=S) groups is 1. The van der Waals surface area contributed by atoms with Gasteiger partial charge in [0.25, 0.3) is 0 Å². The van der Waals surface area contributed by atoms with Gasteiger partial charge in [-0.2, -0.15) is 0 Å². The summed E-state index contributed by atoms with van der Waals surface area (Å²) in [4.78, 5) is 1.86. The summed E-state index contributed by atoms with van der Waals surface area (Å²) < 4.78 is 12.6. The smallest absolute Gasteiger partial charge is 0.0903 e. The molecule has 0 saturated heterocycles. The van der Waals surface area contributed by atoms with Gasteiger partial charge in [-0.1, -0.05) is 46.8 Å². The van der Waals surface area contributed by atoms with Gasteiger partial charge in [-0.3, -0.25) is 4.39 Å². The minimum absolute atomic E-state index is 0.0493. The first-order valence-corrected chi connectivity index (χ1v) is 7.66. The molecule has 0 nitrogen and oxygen atoms in total. The van der Waals surface area contributed by atoms with E-state index >= 15 is 0 Å². The summed E-state index contributed by atoms with van der Waals surface area (Å²) in [6, 6.07) is 0. The first-order chi connectivity index (χ1) is 8.29. The van der Waals surface area contributed by atoms with Gasteiger partial charge in [0.1, 0.15) is 0 Å². The molecule has 3 heteroatoms. The SMILES string of the molecule is CCC(C)(CC)C(=S)C=C(S)C(C)(CC)CCF. The third kappa shape index (κ3) is 4.34. The highest BCUT2D eigenvalue weighted by Gasteiger charge is 2.28. The fourth-order valence-electron chi connectivity index (χ4n) is 1.77. The van der Waals surface area contributed by atoms with E-state index in [1.165, 1.54) is 0 Å². The molecular weight excluding hydrogens is 263 g/mol. The lowest BCUT2D eigenvalue weighted by molar-refractivity contribution is 0.313. The molecular formula is C15H27FS2. The van der Waals surface area contributed by atoms with E-state index in [0.29, 0.717) is 6.42 Å². The molecule has 0 heterocycles. The Morgan fingerprint density at radius 1 is 1.11 bits per heavy atom. The highest BCUT2D eigenvalue weighted by molar-refractivity contribution is 7.85. The molecule has 0 spiro atoms. The van der Waals surface area contributed by atoms with Crippen LogP contribution in [0, 0.1) is 10.8 Å². The highest BCUT2D eigenvalue weighted by atomic mass is 32.1. The van der Waals surface area contributed by atoms with Gasteiger partial charge in [0.2, 0.25) is 0 Å². The van der Waals surface area contributed by atoms with Gasteiger partial charge in [-0.15, -0.1) is 12.6 Å². The van der Waals surface area contributed by atoms with Crippen LogP contribution in [0.25, 0.3) is 0 Å². The van der Waals surface area contributed by atoms with Crippen molar-refractivity contribution in [3.8, 4) is 0 Å². The molecule has 0 rings (SSSR count). The summed E-state index contributed by atoms with van der Waals surface area (Å²) in [6.07, 6.45) is 5.42. The van der Waals surface area contributed by atoms with Crippen LogP contribution < -0.4 is 0 Å². The van der Waals surface area contributed by atoms with Crippen LogP contribution in [0.1, 0.15) is 60.3 Å². The molecule has 0 bridgehead atoms. The Morgan fingerprint density at radius 3 is 1.89 bits per heavy atom. The number of rotatable bonds is 8. The summed E-state index contributed by atoms with van der Waals surface area (Å²) in [6.45, 7) is 10.3. The highest BCUT2D eigenvalue weighted by Crippen LogP contribution is 2.38. The third-order valence-electron chi connectivity index (χ3n) is 4.47. The second kappa shape index (κ2) is 7.64. The van der Waals surface area contributed by atoms with Crippen molar-refractivity contribution in [1.29, 1.82) is 0 Å². The van der Waals surface area contributed by atoms with Gasteiger partial charge in [0.05, 0.1) is 6.67 Å². The maximum absolute atomic E-state index is 12.6. The molecule has 0 aromatic rings. The van der Waals surface area contributed by atoms with Crippen LogP contribution in [-0.4, -0.2) is 11.5 Å². The maximum atomic E-state index is 12.6. The van der Waals surface area contributed by atoms with Crippen molar-refractivity contribution < 1.29 is 4.39 Å². The minimum atomic E-state index is -0.312. The summed E-state index contributed by atoms with van der Waals surface area (Å²) in [7, 11) is 0. The molecule has 0 amide bonds. The van der Waals surface area contributed by atoms with Crippen molar-refractivity contribution in [2.24, 2.45) is 10.8 Å². The lowest BCUT2D eigenvalue weighted by Gasteiger charge is -2.31. The zero-order chi connectivity index (χ0) is 14.4. The van der Waals surface area contributed by atoms with Crippen molar-refractivity contribution in [3.63, 3.8) is 0 Å². The molecule has 18 heavy (non-hydrogen) atoms. The van der Waals surface area contributed by atoms with Crippen LogP contribution in [0.2, 0.25) is 0 Å². The van der Waals surface area contributed by atoms with Crippen molar-refractivity contribution >= 4 is 29.7 Å².